The molecule has 0 aliphatic rings. The molecule has 0 amide bonds. The predicted molar refractivity (Wildman–Crippen MR) is 85.2 cm³/mol. The Morgan fingerprint density at radius 1 is 1.19 bits per heavy atom. The van der Waals surface area contributed by atoms with Gasteiger partial charge in [-0.25, -0.2) is 9.78 Å². The fraction of sp³-hybridized carbons (Fsp3) is 0.125. The van der Waals surface area contributed by atoms with Crippen molar-refractivity contribution in [3.8, 4) is 5.69 Å². The van der Waals surface area contributed by atoms with E-state index in [0.717, 1.165) is 32.6 Å². The number of imidazole rings is 1. The van der Waals surface area contributed by atoms with Crippen LogP contribution in [0.25, 0.3) is 16.7 Å². The molecule has 21 heavy (non-hydrogen) atoms. The Kier molecular flexibility index (Phi) is 3.29. The monoisotopic (exact) mass is 344 g/mol. The second-order valence-electron chi connectivity index (χ2n) is 4.96. The van der Waals surface area contributed by atoms with Crippen LogP contribution in [0.2, 0.25) is 0 Å². The lowest BCUT2D eigenvalue weighted by Crippen LogP contribution is -2.00. The third-order valence-electron chi connectivity index (χ3n) is 3.41. The van der Waals surface area contributed by atoms with Crippen molar-refractivity contribution in [3.05, 3.63) is 57.8 Å². The number of carboxylic acid groups (broad SMARTS) is 1. The largest absolute Gasteiger partial charge is 0.478 e. The standard InChI is InChI=1S/C16H13BrN2O2/c1-9-3-6-14(12(17)7-9)19-10(2)18-13-5-4-11(16(20)21)8-15(13)19/h3-8H,1-2H3,(H,20,21). The Bertz CT molecular complexity index is 868. The molecule has 0 aliphatic heterocycles. The topological polar surface area (TPSA) is 55.1 Å². The number of rotatable bonds is 2. The number of aromatic nitrogens is 2. The number of nitrogens with zero attached hydrogens (tertiary/aromatic N) is 2. The molecular weight excluding hydrogens is 332 g/mol. The van der Waals surface area contributed by atoms with E-state index >= 15 is 0 Å². The van der Waals surface area contributed by atoms with Crippen molar-refractivity contribution >= 4 is 32.9 Å². The first kappa shape index (κ1) is 13.8. The van der Waals surface area contributed by atoms with Crippen LogP contribution in [0.5, 0.6) is 0 Å². The second-order valence-corrected chi connectivity index (χ2v) is 5.81. The van der Waals surface area contributed by atoms with Crippen LogP contribution >= 0.6 is 15.9 Å². The summed E-state index contributed by atoms with van der Waals surface area (Å²) in [5.41, 5.74) is 3.93. The first-order valence-electron chi connectivity index (χ1n) is 6.46. The van der Waals surface area contributed by atoms with Crippen molar-refractivity contribution in [3.63, 3.8) is 0 Å². The highest BCUT2D eigenvalue weighted by atomic mass is 79.9. The van der Waals surface area contributed by atoms with Crippen LogP contribution in [0, 0.1) is 13.8 Å². The highest BCUT2D eigenvalue weighted by Crippen LogP contribution is 2.28. The molecule has 0 saturated heterocycles. The summed E-state index contributed by atoms with van der Waals surface area (Å²) in [5.74, 6) is -0.123. The van der Waals surface area contributed by atoms with Gasteiger partial charge in [0.2, 0.25) is 0 Å². The predicted octanol–water partition coefficient (Wildman–Crippen LogP) is 4.10. The summed E-state index contributed by atoms with van der Waals surface area (Å²) in [6, 6.07) is 11.0. The minimum absolute atomic E-state index is 0.256. The Labute approximate surface area is 130 Å². The molecule has 0 spiro atoms. The summed E-state index contributed by atoms with van der Waals surface area (Å²) in [7, 11) is 0. The quantitative estimate of drug-likeness (QED) is 0.761. The molecule has 4 nitrogen and oxygen atoms in total. The van der Waals surface area contributed by atoms with Gasteiger partial charge in [-0.1, -0.05) is 6.07 Å². The number of carboxylic acids is 1. The fourth-order valence-corrected chi connectivity index (χ4v) is 3.10. The summed E-state index contributed by atoms with van der Waals surface area (Å²) in [5, 5.41) is 9.16. The lowest BCUT2D eigenvalue weighted by atomic mass is 10.2. The Morgan fingerprint density at radius 3 is 2.62 bits per heavy atom. The Hall–Kier alpha value is -2.14. The number of hydrogen-bond donors (Lipinski definition) is 1. The summed E-state index contributed by atoms with van der Waals surface area (Å²) >= 11 is 3.57. The molecule has 5 heteroatoms. The van der Waals surface area contributed by atoms with Crippen molar-refractivity contribution in [2.45, 2.75) is 13.8 Å². The number of aryl methyl sites for hydroxylation is 2. The zero-order chi connectivity index (χ0) is 15.1. The highest BCUT2D eigenvalue weighted by molar-refractivity contribution is 9.10. The van der Waals surface area contributed by atoms with Crippen LogP contribution in [0.1, 0.15) is 21.7 Å². The van der Waals surface area contributed by atoms with Crippen LogP contribution in [-0.2, 0) is 0 Å². The second kappa shape index (κ2) is 5.00. The third-order valence-corrected chi connectivity index (χ3v) is 4.05. The summed E-state index contributed by atoms with van der Waals surface area (Å²) in [6.45, 7) is 3.93. The molecule has 1 aromatic heterocycles. The minimum Gasteiger partial charge on any atom is -0.478 e. The van der Waals surface area contributed by atoms with Gasteiger partial charge in [-0.15, -0.1) is 0 Å². The summed E-state index contributed by atoms with van der Waals surface area (Å²) < 4.78 is 2.91. The number of benzene rings is 2. The highest BCUT2D eigenvalue weighted by Gasteiger charge is 2.14. The van der Waals surface area contributed by atoms with E-state index in [1.54, 1.807) is 18.2 Å². The van der Waals surface area contributed by atoms with E-state index in [1.165, 1.54) is 0 Å². The van der Waals surface area contributed by atoms with Crippen molar-refractivity contribution in [1.29, 1.82) is 0 Å². The van der Waals surface area contributed by atoms with E-state index in [0.29, 0.717) is 0 Å². The van der Waals surface area contributed by atoms with Gasteiger partial charge in [0.25, 0.3) is 0 Å². The van der Waals surface area contributed by atoms with Gasteiger partial charge in [0.05, 0.1) is 22.3 Å². The molecule has 1 heterocycles. The number of halogens is 1. The van der Waals surface area contributed by atoms with Gasteiger partial charge in [-0.2, -0.15) is 0 Å². The molecule has 1 N–H and O–H groups in total. The Balaban J connectivity index is 2.32. The molecule has 3 rings (SSSR count). The number of aromatic carboxylic acids is 1. The van der Waals surface area contributed by atoms with Crippen molar-refractivity contribution in [1.82, 2.24) is 9.55 Å². The average Bonchev–Trinajstić information content (AvgIpc) is 2.74. The normalized spacial score (nSPS) is 11.0. The van der Waals surface area contributed by atoms with E-state index in [1.807, 2.05) is 36.6 Å². The maximum Gasteiger partial charge on any atom is 0.335 e. The van der Waals surface area contributed by atoms with Crippen molar-refractivity contribution in [2.24, 2.45) is 0 Å². The number of carbonyl (C=O) groups is 1. The van der Waals surface area contributed by atoms with E-state index < -0.39 is 5.97 Å². The van der Waals surface area contributed by atoms with Gasteiger partial charge in [0, 0.05) is 4.47 Å². The molecule has 0 fully saturated rings. The molecule has 0 bridgehead atoms. The lowest BCUT2D eigenvalue weighted by Gasteiger charge is -2.10. The van der Waals surface area contributed by atoms with E-state index in [2.05, 4.69) is 20.9 Å². The lowest BCUT2D eigenvalue weighted by molar-refractivity contribution is 0.0697. The van der Waals surface area contributed by atoms with Gasteiger partial charge >= 0.3 is 5.97 Å². The van der Waals surface area contributed by atoms with Crippen LogP contribution in [0.3, 0.4) is 0 Å². The minimum atomic E-state index is -0.940. The van der Waals surface area contributed by atoms with Crippen molar-refractivity contribution in [2.75, 3.05) is 0 Å². The van der Waals surface area contributed by atoms with Crippen LogP contribution in [-0.4, -0.2) is 20.6 Å². The van der Waals surface area contributed by atoms with E-state index in [-0.39, 0.29) is 5.56 Å². The molecule has 0 radical (unpaired) electrons. The average molecular weight is 345 g/mol. The molecule has 3 aromatic rings. The molecule has 0 saturated carbocycles. The molecule has 106 valence electrons. The summed E-state index contributed by atoms with van der Waals surface area (Å²) in [6.07, 6.45) is 0. The first-order valence-corrected chi connectivity index (χ1v) is 7.25. The van der Waals surface area contributed by atoms with Gasteiger partial charge in [-0.05, 0) is 65.7 Å². The zero-order valence-corrected chi connectivity index (χ0v) is 13.2. The molecule has 2 aromatic carbocycles. The molecule has 0 unspecified atom stereocenters. The van der Waals surface area contributed by atoms with E-state index in [9.17, 15) is 4.79 Å². The Morgan fingerprint density at radius 2 is 1.95 bits per heavy atom. The molecule has 0 aliphatic carbocycles. The van der Waals surface area contributed by atoms with Gasteiger partial charge in [0.1, 0.15) is 5.82 Å². The SMILES string of the molecule is Cc1ccc(-n2c(C)nc3ccc(C(=O)O)cc32)c(Br)c1. The molecular formula is C16H13BrN2O2. The van der Waals surface area contributed by atoms with Gasteiger partial charge in [0.15, 0.2) is 0 Å². The van der Waals surface area contributed by atoms with Crippen LogP contribution in [0.4, 0.5) is 0 Å². The number of hydrogen-bond acceptors (Lipinski definition) is 2. The zero-order valence-electron chi connectivity index (χ0n) is 11.6. The first-order chi connectivity index (χ1) is 9.97. The fourth-order valence-electron chi connectivity index (χ4n) is 2.43. The molecule has 0 atom stereocenters. The van der Waals surface area contributed by atoms with E-state index in [4.69, 9.17) is 5.11 Å². The maximum atomic E-state index is 11.2. The van der Waals surface area contributed by atoms with Crippen LogP contribution < -0.4 is 0 Å². The number of fused-ring (bicyclic) bond motifs is 1. The summed E-state index contributed by atoms with van der Waals surface area (Å²) in [4.78, 5) is 15.7. The smallest absolute Gasteiger partial charge is 0.335 e. The van der Waals surface area contributed by atoms with Crippen molar-refractivity contribution < 1.29 is 9.90 Å². The van der Waals surface area contributed by atoms with Gasteiger partial charge in [-0.3, -0.25) is 4.57 Å². The maximum absolute atomic E-state index is 11.2. The third kappa shape index (κ3) is 2.34. The van der Waals surface area contributed by atoms with Gasteiger partial charge < -0.3 is 5.11 Å². The van der Waals surface area contributed by atoms with Crippen LogP contribution in [0.15, 0.2) is 40.9 Å².